The number of amides is 1. The highest BCUT2D eigenvalue weighted by Crippen LogP contribution is 2.38. The van der Waals surface area contributed by atoms with E-state index in [2.05, 4.69) is 41.4 Å². The number of anilines is 1. The Labute approximate surface area is 238 Å². The summed E-state index contributed by atoms with van der Waals surface area (Å²) in [5.41, 5.74) is 1.87. The first-order chi connectivity index (χ1) is 20.1. The zero-order valence-electron chi connectivity index (χ0n) is 23.1. The monoisotopic (exact) mass is 560 g/mol. The van der Waals surface area contributed by atoms with Crippen LogP contribution < -0.4 is 19.7 Å². The van der Waals surface area contributed by atoms with Crippen LogP contribution in [0.5, 0.6) is 11.8 Å². The molecule has 2 atom stereocenters. The Balaban J connectivity index is 1.15. The predicted octanol–water partition coefficient (Wildman–Crippen LogP) is 2.96. The molecule has 2 saturated carbocycles. The summed E-state index contributed by atoms with van der Waals surface area (Å²) in [4.78, 5) is 28.7. The average Bonchev–Trinajstić information content (AvgIpc) is 3.62. The normalized spacial score (nSPS) is 20.8. The second kappa shape index (κ2) is 12.3. The lowest BCUT2D eigenvalue weighted by molar-refractivity contribution is 0.0942. The van der Waals surface area contributed by atoms with Crippen molar-refractivity contribution < 1.29 is 19.4 Å². The fourth-order valence-electron chi connectivity index (χ4n) is 5.70. The van der Waals surface area contributed by atoms with Crippen molar-refractivity contribution in [2.24, 2.45) is 17.8 Å². The lowest BCUT2D eigenvalue weighted by atomic mass is 9.83. The van der Waals surface area contributed by atoms with Gasteiger partial charge in [0.15, 0.2) is 5.65 Å². The molecule has 1 amide bonds. The lowest BCUT2D eigenvalue weighted by Crippen LogP contribution is -2.34. The number of carbonyl (C=O) groups is 1. The molecule has 3 aromatic heterocycles. The third-order valence-electron chi connectivity index (χ3n) is 8.52. The molecular weight excluding hydrogens is 524 g/mol. The summed E-state index contributed by atoms with van der Waals surface area (Å²) in [6.07, 6.45) is 8.90. The predicted molar refractivity (Wildman–Crippen MR) is 150 cm³/mol. The summed E-state index contributed by atoms with van der Waals surface area (Å²) >= 11 is 0. The average molecular weight is 561 g/mol. The van der Waals surface area contributed by atoms with E-state index in [0.717, 1.165) is 49.9 Å². The Kier molecular flexibility index (Phi) is 8.14. The Morgan fingerprint density at radius 1 is 1.22 bits per heavy atom. The van der Waals surface area contributed by atoms with E-state index in [1.165, 1.54) is 19.3 Å². The van der Waals surface area contributed by atoms with Crippen LogP contribution in [0.15, 0.2) is 18.3 Å². The van der Waals surface area contributed by atoms with Crippen molar-refractivity contribution in [3.05, 3.63) is 29.7 Å². The van der Waals surface area contributed by atoms with E-state index in [0.29, 0.717) is 42.0 Å². The van der Waals surface area contributed by atoms with E-state index < -0.39 is 0 Å². The van der Waals surface area contributed by atoms with Gasteiger partial charge >= 0.3 is 6.01 Å². The second-order valence-corrected chi connectivity index (χ2v) is 11.3. The van der Waals surface area contributed by atoms with Gasteiger partial charge in [0.1, 0.15) is 23.9 Å². The molecule has 3 aromatic rings. The number of aromatic amines is 1. The Bertz CT molecular complexity index is 1410. The largest absolute Gasteiger partial charge is 0.490 e. The maximum Gasteiger partial charge on any atom is 0.319 e. The van der Waals surface area contributed by atoms with Crippen molar-refractivity contribution in [1.29, 1.82) is 5.26 Å². The van der Waals surface area contributed by atoms with Gasteiger partial charge in [-0.15, -0.1) is 0 Å². The van der Waals surface area contributed by atoms with Crippen molar-refractivity contribution in [2.45, 2.75) is 50.9 Å². The maximum atomic E-state index is 13.0. The Hall–Kier alpha value is -3.98. The number of aliphatic hydroxyl groups is 1. The van der Waals surface area contributed by atoms with Gasteiger partial charge in [-0.25, -0.2) is 4.98 Å². The molecule has 3 N–H and O–H groups in total. The van der Waals surface area contributed by atoms with Crippen LogP contribution in [0.4, 0.5) is 5.82 Å². The number of hydrogen-bond donors (Lipinski definition) is 3. The maximum absolute atomic E-state index is 13.0. The van der Waals surface area contributed by atoms with E-state index in [-0.39, 0.29) is 42.9 Å². The van der Waals surface area contributed by atoms with Crippen LogP contribution >= 0.6 is 0 Å². The molecule has 0 unspecified atom stereocenters. The number of H-pyrrole nitrogens is 1. The Morgan fingerprint density at radius 3 is 2.80 bits per heavy atom. The summed E-state index contributed by atoms with van der Waals surface area (Å²) in [7, 11) is 0. The number of aliphatic hydroxyl groups excluding tert-OH is 1. The number of aromatic nitrogens is 5. The molecule has 12 heteroatoms. The molecule has 1 aliphatic heterocycles. The van der Waals surface area contributed by atoms with Crippen LogP contribution in [-0.4, -0.2) is 75.6 Å². The third kappa shape index (κ3) is 6.20. The zero-order chi connectivity index (χ0) is 28.2. The SMILES string of the molecule is N#C[C@@H]1C[C@@H]1COc1nc(C(=O)NCCC2CCC2)cc(N2CCC(c3[nH]nc4nccc(OCCO)c34)CC2)n1. The van der Waals surface area contributed by atoms with E-state index in [9.17, 15) is 9.90 Å². The van der Waals surface area contributed by atoms with Crippen molar-refractivity contribution in [3.63, 3.8) is 0 Å². The van der Waals surface area contributed by atoms with E-state index in [1.807, 2.05) is 0 Å². The van der Waals surface area contributed by atoms with E-state index >= 15 is 0 Å². The fraction of sp³-hybridized carbons (Fsp3) is 0.586. The molecular formula is C29H36N8O4. The number of nitriles is 1. The van der Waals surface area contributed by atoms with E-state index in [1.54, 1.807) is 18.3 Å². The third-order valence-corrected chi connectivity index (χ3v) is 8.52. The number of ether oxygens (including phenoxy) is 2. The molecule has 0 aromatic carbocycles. The number of piperidine rings is 1. The number of rotatable bonds is 12. The van der Waals surface area contributed by atoms with Crippen LogP contribution in [0.2, 0.25) is 0 Å². The smallest absolute Gasteiger partial charge is 0.319 e. The van der Waals surface area contributed by atoms with Crippen LogP contribution in [0.1, 0.15) is 67.0 Å². The minimum absolute atomic E-state index is 0.0230. The fourth-order valence-corrected chi connectivity index (χ4v) is 5.70. The van der Waals surface area contributed by atoms with Gasteiger partial charge < -0.3 is 24.8 Å². The highest BCUT2D eigenvalue weighted by Gasteiger charge is 2.38. The molecule has 3 fully saturated rings. The van der Waals surface area contributed by atoms with Crippen molar-refractivity contribution in [3.8, 4) is 17.8 Å². The lowest BCUT2D eigenvalue weighted by Gasteiger charge is -2.32. The molecule has 6 rings (SSSR count). The Morgan fingerprint density at radius 2 is 2.07 bits per heavy atom. The van der Waals surface area contributed by atoms with Gasteiger partial charge in [-0.1, -0.05) is 19.3 Å². The molecule has 216 valence electrons. The molecule has 2 aliphatic carbocycles. The standard InChI is InChI=1S/C29H36N8O4/c30-16-20-14-21(20)17-41-29-33-22(28(39)32-8-4-18-2-1-3-18)15-24(34-29)37-10-6-19(7-11-37)26-25-23(40-13-12-38)5-9-31-27(25)36-35-26/h5,9,15,18-21,38H,1-4,6-8,10-14,17H2,(H,32,39)(H,31,35,36)/t20-,21+/m0/s1. The molecule has 41 heavy (non-hydrogen) atoms. The van der Waals surface area contributed by atoms with Gasteiger partial charge in [0.2, 0.25) is 0 Å². The topological polar surface area (TPSA) is 162 Å². The molecule has 0 spiro atoms. The van der Waals surface area contributed by atoms with Crippen LogP contribution in [0.3, 0.4) is 0 Å². The molecule has 12 nitrogen and oxygen atoms in total. The summed E-state index contributed by atoms with van der Waals surface area (Å²) in [5, 5.41) is 29.8. The molecule has 3 aliphatic rings. The van der Waals surface area contributed by atoms with Gasteiger partial charge in [0.25, 0.3) is 5.91 Å². The first kappa shape index (κ1) is 27.2. The van der Waals surface area contributed by atoms with Crippen molar-refractivity contribution >= 4 is 22.8 Å². The summed E-state index contributed by atoms with van der Waals surface area (Å²) in [5.74, 6) is 2.23. The number of pyridine rings is 1. The first-order valence-corrected chi connectivity index (χ1v) is 14.6. The highest BCUT2D eigenvalue weighted by atomic mass is 16.5. The minimum atomic E-state index is -0.221. The molecule has 1 saturated heterocycles. The van der Waals surface area contributed by atoms with E-state index in [4.69, 9.17) is 14.7 Å². The second-order valence-electron chi connectivity index (χ2n) is 11.3. The number of fused-ring (bicyclic) bond motifs is 1. The van der Waals surface area contributed by atoms with Gasteiger partial charge in [-0.05, 0) is 37.7 Å². The van der Waals surface area contributed by atoms with Crippen LogP contribution in [0, 0.1) is 29.1 Å². The molecule has 4 heterocycles. The van der Waals surface area contributed by atoms with Gasteiger partial charge in [-0.3, -0.25) is 9.89 Å². The number of nitrogens with zero attached hydrogens (tertiary/aromatic N) is 6. The van der Waals surface area contributed by atoms with Gasteiger partial charge in [-0.2, -0.15) is 20.3 Å². The number of nitrogens with one attached hydrogen (secondary N) is 2. The number of carbonyl (C=O) groups excluding carboxylic acids is 1. The summed E-state index contributed by atoms with van der Waals surface area (Å²) < 4.78 is 11.7. The minimum Gasteiger partial charge on any atom is -0.490 e. The highest BCUT2D eigenvalue weighted by molar-refractivity contribution is 5.93. The van der Waals surface area contributed by atoms with Gasteiger partial charge in [0, 0.05) is 43.7 Å². The van der Waals surface area contributed by atoms with Gasteiger partial charge in [0.05, 0.1) is 36.3 Å². The quantitative estimate of drug-likeness (QED) is 0.300. The van der Waals surface area contributed by atoms with Crippen molar-refractivity contribution in [1.82, 2.24) is 30.5 Å². The molecule has 0 radical (unpaired) electrons. The van der Waals surface area contributed by atoms with Crippen LogP contribution in [-0.2, 0) is 0 Å². The first-order valence-electron chi connectivity index (χ1n) is 14.6. The summed E-state index contributed by atoms with van der Waals surface area (Å²) in [6, 6.07) is 6.00. The summed E-state index contributed by atoms with van der Waals surface area (Å²) in [6.45, 7) is 2.57. The molecule has 0 bridgehead atoms. The number of hydrogen-bond acceptors (Lipinski definition) is 10. The zero-order valence-corrected chi connectivity index (χ0v) is 23.1. The van der Waals surface area contributed by atoms with Crippen molar-refractivity contribution in [2.75, 3.05) is 44.4 Å². The van der Waals surface area contributed by atoms with Crippen LogP contribution in [0.25, 0.3) is 11.0 Å².